The third-order valence-corrected chi connectivity index (χ3v) is 7.55. The molecular formula is C29H24ClF4N7O3. The standard InChI is InChI=1S/C29H24ClF4N7O3/c30-23-4-2-1-3-22(23)26(27(44)38-19-11-29(33,34)12-19)40(20-8-16(31)7-17(32)9-20)24(42)10-21-14-36-15-25(43)41(21)28-37-6-5-18(13-35)39-28/h1-9,19,21,26,36H,10-12,14-15H2,(H,38,44)/t21-,26-/m0/s1. The van der Waals surface area contributed by atoms with Crippen molar-refractivity contribution >= 4 is 41.0 Å². The lowest BCUT2D eigenvalue weighted by atomic mass is 9.87. The Hall–Kier alpha value is -4.61. The summed E-state index contributed by atoms with van der Waals surface area (Å²) in [5.74, 6) is -7.48. The van der Waals surface area contributed by atoms with Crippen LogP contribution in [-0.2, 0) is 14.4 Å². The molecule has 2 fully saturated rings. The number of anilines is 2. The molecule has 1 saturated carbocycles. The fraction of sp³-hybridized carbons (Fsp3) is 0.310. The SMILES string of the molecule is N#Cc1ccnc(N2C(=O)CNC[C@@H]2CC(=O)N(c2cc(F)cc(F)c2)[C@H](C(=O)NC2CC(F)(F)C2)c2ccccc2Cl)n1. The number of amides is 3. The molecule has 3 aromatic rings. The van der Waals surface area contributed by atoms with Crippen molar-refractivity contribution in [2.75, 3.05) is 22.9 Å². The Labute approximate surface area is 253 Å². The first-order valence-corrected chi connectivity index (χ1v) is 13.8. The second-order valence-corrected chi connectivity index (χ2v) is 10.8. The van der Waals surface area contributed by atoms with Crippen molar-refractivity contribution in [2.45, 2.75) is 43.3 Å². The molecule has 1 saturated heterocycles. The van der Waals surface area contributed by atoms with E-state index in [-0.39, 0.29) is 41.0 Å². The van der Waals surface area contributed by atoms with E-state index in [1.807, 2.05) is 6.07 Å². The maximum absolute atomic E-state index is 14.5. The summed E-state index contributed by atoms with van der Waals surface area (Å²) >= 11 is 6.44. The molecule has 0 unspecified atom stereocenters. The molecular weight excluding hydrogens is 606 g/mol. The summed E-state index contributed by atoms with van der Waals surface area (Å²) in [5, 5.41) is 14.7. The quantitative estimate of drug-likeness (QED) is 0.364. The Morgan fingerprint density at radius 3 is 2.55 bits per heavy atom. The van der Waals surface area contributed by atoms with Crippen molar-refractivity contribution in [2.24, 2.45) is 0 Å². The monoisotopic (exact) mass is 629 g/mol. The number of hydrogen-bond donors (Lipinski definition) is 2. The van der Waals surface area contributed by atoms with Crippen LogP contribution in [-0.4, -0.2) is 58.8 Å². The van der Waals surface area contributed by atoms with Crippen LogP contribution < -0.4 is 20.4 Å². The van der Waals surface area contributed by atoms with Gasteiger partial charge in [0.15, 0.2) is 0 Å². The number of benzene rings is 2. The highest BCUT2D eigenvalue weighted by molar-refractivity contribution is 6.31. The van der Waals surface area contributed by atoms with E-state index in [0.717, 1.165) is 21.9 Å². The number of nitrogens with zero attached hydrogens (tertiary/aromatic N) is 5. The molecule has 0 bridgehead atoms. The fourth-order valence-corrected chi connectivity index (χ4v) is 5.48. The van der Waals surface area contributed by atoms with Gasteiger partial charge in [-0.05, 0) is 24.3 Å². The van der Waals surface area contributed by atoms with E-state index in [1.165, 1.54) is 30.5 Å². The minimum absolute atomic E-state index is 0.0270. The summed E-state index contributed by atoms with van der Waals surface area (Å²) < 4.78 is 56.3. The van der Waals surface area contributed by atoms with Gasteiger partial charge in [0.2, 0.25) is 23.7 Å². The zero-order chi connectivity index (χ0) is 31.6. The third-order valence-electron chi connectivity index (χ3n) is 7.21. The molecule has 0 radical (unpaired) electrons. The number of nitrogens with one attached hydrogen (secondary N) is 2. The molecule has 228 valence electrons. The van der Waals surface area contributed by atoms with Gasteiger partial charge in [0.25, 0.3) is 5.92 Å². The average molecular weight is 630 g/mol. The molecule has 2 atom stereocenters. The molecule has 1 aromatic heterocycles. The number of nitriles is 1. The van der Waals surface area contributed by atoms with Crippen LogP contribution in [0.15, 0.2) is 54.7 Å². The first kappa shape index (κ1) is 30.8. The summed E-state index contributed by atoms with van der Waals surface area (Å²) in [7, 11) is 0. The Kier molecular flexibility index (Phi) is 8.80. The lowest BCUT2D eigenvalue weighted by Gasteiger charge is -2.39. The van der Waals surface area contributed by atoms with Crippen molar-refractivity contribution in [3.63, 3.8) is 0 Å². The summed E-state index contributed by atoms with van der Waals surface area (Å²) in [6, 6.07) is 7.89. The Bertz CT molecular complexity index is 1620. The predicted molar refractivity (Wildman–Crippen MR) is 150 cm³/mol. The van der Waals surface area contributed by atoms with Gasteiger partial charge in [0.05, 0.1) is 18.3 Å². The lowest BCUT2D eigenvalue weighted by molar-refractivity contribution is -0.133. The van der Waals surface area contributed by atoms with Crippen molar-refractivity contribution < 1.29 is 31.9 Å². The maximum Gasteiger partial charge on any atom is 0.252 e. The van der Waals surface area contributed by atoms with Crippen LogP contribution in [0.5, 0.6) is 0 Å². The molecule has 2 aromatic carbocycles. The average Bonchev–Trinajstić information content (AvgIpc) is 2.95. The van der Waals surface area contributed by atoms with E-state index in [0.29, 0.717) is 6.07 Å². The molecule has 1 aliphatic carbocycles. The largest absolute Gasteiger partial charge is 0.351 e. The third kappa shape index (κ3) is 6.63. The number of carbonyl (C=O) groups excluding carboxylic acids is 3. The van der Waals surface area contributed by atoms with Crippen LogP contribution in [0.2, 0.25) is 5.02 Å². The first-order chi connectivity index (χ1) is 21.0. The molecule has 1 aliphatic heterocycles. The van der Waals surface area contributed by atoms with E-state index in [2.05, 4.69) is 20.6 Å². The minimum Gasteiger partial charge on any atom is -0.351 e. The number of hydrogen-bond acceptors (Lipinski definition) is 7. The Balaban J connectivity index is 1.56. The highest BCUT2D eigenvalue weighted by Crippen LogP contribution is 2.39. The number of alkyl halides is 2. The summed E-state index contributed by atoms with van der Waals surface area (Å²) in [6.07, 6.45) is -0.475. The van der Waals surface area contributed by atoms with Crippen molar-refractivity contribution in [1.82, 2.24) is 20.6 Å². The summed E-state index contributed by atoms with van der Waals surface area (Å²) in [5.41, 5.74) is -0.313. The van der Waals surface area contributed by atoms with E-state index < -0.39 is 72.7 Å². The first-order valence-electron chi connectivity index (χ1n) is 13.4. The number of rotatable bonds is 8. The fourth-order valence-electron chi connectivity index (χ4n) is 5.24. The molecule has 44 heavy (non-hydrogen) atoms. The summed E-state index contributed by atoms with van der Waals surface area (Å²) in [6.45, 7) is -0.0661. The van der Waals surface area contributed by atoms with E-state index in [4.69, 9.17) is 11.6 Å². The van der Waals surface area contributed by atoms with Crippen molar-refractivity contribution in [3.05, 3.63) is 82.6 Å². The molecule has 2 heterocycles. The van der Waals surface area contributed by atoms with Crippen molar-refractivity contribution in [1.29, 1.82) is 5.26 Å². The van der Waals surface area contributed by atoms with Gasteiger partial charge in [-0.3, -0.25) is 24.2 Å². The van der Waals surface area contributed by atoms with Crippen LogP contribution >= 0.6 is 11.6 Å². The molecule has 2 aliphatic rings. The number of aromatic nitrogens is 2. The smallest absolute Gasteiger partial charge is 0.252 e. The van der Waals surface area contributed by atoms with Crippen LogP contribution in [0.3, 0.4) is 0 Å². The van der Waals surface area contributed by atoms with E-state index in [9.17, 15) is 37.2 Å². The molecule has 10 nitrogen and oxygen atoms in total. The highest BCUT2D eigenvalue weighted by atomic mass is 35.5. The highest BCUT2D eigenvalue weighted by Gasteiger charge is 2.47. The van der Waals surface area contributed by atoms with E-state index >= 15 is 0 Å². The molecule has 5 rings (SSSR count). The van der Waals surface area contributed by atoms with Gasteiger partial charge in [-0.25, -0.2) is 27.5 Å². The number of piperazine rings is 1. The van der Waals surface area contributed by atoms with Gasteiger partial charge in [0, 0.05) is 54.7 Å². The predicted octanol–water partition coefficient (Wildman–Crippen LogP) is 3.66. The van der Waals surface area contributed by atoms with Gasteiger partial charge < -0.3 is 10.6 Å². The Morgan fingerprint density at radius 2 is 1.89 bits per heavy atom. The number of halogens is 5. The lowest BCUT2D eigenvalue weighted by Crippen LogP contribution is -2.58. The van der Waals surface area contributed by atoms with Gasteiger partial charge in [-0.15, -0.1) is 0 Å². The van der Waals surface area contributed by atoms with Crippen LogP contribution in [0.25, 0.3) is 0 Å². The normalized spacial score (nSPS) is 18.6. The maximum atomic E-state index is 14.5. The molecule has 3 amide bonds. The van der Waals surface area contributed by atoms with Gasteiger partial charge >= 0.3 is 0 Å². The van der Waals surface area contributed by atoms with E-state index in [1.54, 1.807) is 6.07 Å². The number of carbonyl (C=O) groups is 3. The summed E-state index contributed by atoms with van der Waals surface area (Å²) in [4.78, 5) is 51.1. The van der Waals surface area contributed by atoms with Crippen molar-refractivity contribution in [3.8, 4) is 6.07 Å². The second-order valence-electron chi connectivity index (χ2n) is 10.4. The zero-order valence-electron chi connectivity index (χ0n) is 22.8. The Morgan fingerprint density at radius 1 is 1.18 bits per heavy atom. The van der Waals surface area contributed by atoms with Crippen LogP contribution in [0.4, 0.5) is 29.2 Å². The molecule has 0 spiro atoms. The van der Waals surface area contributed by atoms with Crippen LogP contribution in [0.1, 0.15) is 36.6 Å². The molecule has 15 heteroatoms. The van der Waals surface area contributed by atoms with Gasteiger partial charge in [-0.2, -0.15) is 5.26 Å². The minimum atomic E-state index is -2.96. The molecule has 2 N–H and O–H groups in total. The van der Waals surface area contributed by atoms with Crippen LogP contribution in [0, 0.1) is 23.0 Å². The van der Waals surface area contributed by atoms with Gasteiger partial charge in [-0.1, -0.05) is 29.8 Å². The zero-order valence-corrected chi connectivity index (χ0v) is 23.6. The van der Waals surface area contributed by atoms with Gasteiger partial charge in [0.1, 0.15) is 29.4 Å². The topological polar surface area (TPSA) is 131 Å². The second kappa shape index (κ2) is 12.6.